The maximum absolute atomic E-state index is 12.1. The molecule has 21 heavy (non-hydrogen) atoms. The van der Waals surface area contributed by atoms with Crippen molar-refractivity contribution in [2.45, 2.75) is 6.18 Å². The molecule has 1 aromatic carbocycles. The third kappa shape index (κ3) is 6.20. The topological polar surface area (TPSA) is 49.4 Å². The molecule has 0 aliphatic heterocycles. The summed E-state index contributed by atoms with van der Waals surface area (Å²) in [4.78, 5) is 24.6. The number of likely N-dealkylation sites (N-methyl/N-ethyl adjacent to an activating group) is 1. The van der Waals surface area contributed by atoms with E-state index in [0.29, 0.717) is 10.0 Å². The molecule has 1 rings (SSSR count). The van der Waals surface area contributed by atoms with Crippen molar-refractivity contribution in [1.29, 1.82) is 0 Å². The number of carbonyl (C=O) groups is 2. The van der Waals surface area contributed by atoms with E-state index in [1.807, 2.05) is 22.6 Å². The first-order valence-electron chi connectivity index (χ1n) is 5.64. The normalized spacial score (nSPS) is 11.1. The van der Waals surface area contributed by atoms with Crippen molar-refractivity contribution >= 4 is 50.3 Å². The number of benzene rings is 1. The minimum Gasteiger partial charge on any atom is -0.345 e. The fourth-order valence-corrected chi connectivity index (χ4v) is 2.32. The summed E-state index contributed by atoms with van der Waals surface area (Å²) in [6.07, 6.45) is -4.48. The maximum atomic E-state index is 12.1. The van der Waals surface area contributed by atoms with Gasteiger partial charge in [0.25, 0.3) is 5.91 Å². The van der Waals surface area contributed by atoms with Crippen LogP contribution in [0.5, 0.6) is 0 Å². The molecule has 0 saturated carbocycles. The molecule has 0 atom stereocenters. The van der Waals surface area contributed by atoms with Crippen molar-refractivity contribution in [3.8, 4) is 0 Å². The summed E-state index contributed by atoms with van der Waals surface area (Å²) in [5.41, 5.74) is 0.341. The third-order valence-corrected chi connectivity index (χ3v) is 3.73. The van der Waals surface area contributed by atoms with Crippen LogP contribution in [0, 0.1) is 3.57 Å². The van der Waals surface area contributed by atoms with Gasteiger partial charge in [0.05, 0.1) is 12.1 Å². The molecule has 0 unspecified atom stereocenters. The molecule has 0 fully saturated rings. The molecule has 9 heteroatoms. The molecule has 1 N–H and O–H groups in total. The second kappa shape index (κ2) is 7.43. The van der Waals surface area contributed by atoms with E-state index in [9.17, 15) is 22.8 Å². The van der Waals surface area contributed by atoms with Crippen LogP contribution in [0.25, 0.3) is 0 Å². The van der Waals surface area contributed by atoms with Crippen LogP contribution in [0.1, 0.15) is 10.4 Å². The lowest BCUT2D eigenvalue weighted by Crippen LogP contribution is -2.41. The number of hydrogen-bond acceptors (Lipinski definition) is 2. The Bertz CT molecular complexity index is 552. The molecule has 2 amide bonds. The number of halogens is 5. The lowest BCUT2D eigenvalue weighted by molar-refractivity contribution is -0.138. The number of nitrogens with zero attached hydrogens (tertiary/aromatic N) is 1. The maximum Gasteiger partial charge on any atom is 0.405 e. The molecule has 0 saturated heterocycles. The Kier molecular flexibility index (Phi) is 6.44. The van der Waals surface area contributed by atoms with Gasteiger partial charge < -0.3 is 10.2 Å². The quantitative estimate of drug-likeness (QED) is 0.676. The second-order valence-electron chi connectivity index (χ2n) is 4.18. The van der Waals surface area contributed by atoms with Gasteiger partial charge >= 0.3 is 6.18 Å². The number of nitrogens with one attached hydrogen (secondary N) is 1. The van der Waals surface area contributed by atoms with Crippen LogP contribution in [0.3, 0.4) is 0 Å². The zero-order valence-electron chi connectivity index (χ0n) is 10.8. The molecule has 4 nitrogen and oxygen atoms in total. The Morgan fingerprint density at radius 1 is 1.38 bits per heavy atom. The standard InChI is InChI=1S/C12H11BrF3IN2O2/c1-19(5-10(20)18-6-12(14,15)16)11(21)8-4-7(17)2-3-9(8)13/h2-4H,5-6H2,1H3,(H,18,20). The molecule has 0 spiro atoms. The van der Waals surface area contributed by atoms with Crippen molar-refractivity contribution in [1.82, 2.24) is 10.2 Å². The van der Waals surface area contributed by atoms with Gasteiger partial charge in [-0.1, -0.05) is 0 Å². The van der Waals surface area contributed by atoms with Gasteiger partial charge in [0.15, 0.2) is 0 Å². The van der Waals surface area contributed by atoms with Gasteiger partial charge in [-0.05, 0) is 56.7 Å². The van der Waals surface area contributed by atoms with Crippen LogP contribution in [0.2, 0.25) is 0 Å². The van der Waals surface area contributed by atoms with Crippen molar-refractivity contribution in [3.63, 3.8) is 0 Å². The highest BCUT2D eigenvalue weighted by atomic mass is 127. The minimum atomic E-state index is -4.48. The molecule has 0 aromatic heterocycles. The average molecular weight is 479 g/mol. The van der Waals surface area contributed by atoms with E-state index < -0.39 is 31.1 Å². The van der Waals surface area contributed by atoms with Crippen LogP contribution in [0.15, 0.2) is 22.7 Å². The fraction of sp³-hybridized carbons (Fsp3) is 0.333. The van der Waals surface area contributed by atoms with Crippen LogP contribution in [-0.2, 0) is 4.79 Å². The highest BCUT2D eigenvalue weighted by Gasteiger charge is 2.28. The smallest absolute Gasteiger partial charge is 0.345 e. The summed E-state index contributed by atoms with van der Waals surface area (Å²) >= 11 is 5.25. The highest BCUT2D eigenvalue weighted by Crippen LogP contribution is 2.20. The number of carbonyl (C=O) groups excluding carboxylic acids is 2. The zero-order chi connectivity index (χ0) is 16.2. The van der Waals surface area contributed by atoms with Crippen molar-refractivity contribution < 1.29 is 22.8 Å². The van der Waals surface area contributed by atoms with Crippen LogP contribution in [-0.4, -0.2) is 43.0 Å². The van der Waals surface area contributed by atoms with E-state index in [-0.39, 0.29) is 0 Å². The monoisotopic (exact) mass is 478 g/mol. The summed E-state index contributed by atoms with van der Waals surface area (Å²) in [6.45, 7) is -1.87. The molecule has 0 aliphatic rings. The van der Waals surface area contributed by atoms with E-state index >= 15 is 0 Å². The van der Waals surface area contributed by atoms with Crippen LogP contribution >= 0.6 is 38.5 Å². The lowest BCUT2D eigenvalue weighted by atomic mass is 10.2. The number of amides is 2. The SMILES string of the molecule is CN(CC(=O)NCC(F)(F)F)C(=O)c1cc(I)ccc1Br. The van der Waals surface area contributed by atoms with Crippen molar-refractivity contribution in [2.75, 3.05) is 20.1 Å². The second-order valence-corrected chi connectivity index (χ2v) is 6.28. The van der Waals surface area contributed by atoms with Crippen LogP contribution in [0.4, 0.5) is 13.2 Å². The highest BCUT2D eigenvalue weighted by molar-refractivity contribution is 14.1. The van der Waals surface area contributed by atoms with Gasteiger partial charge in [-0.15, -0.1) is 0 Å². The first-order valence-corrected chi connectivity index (χ1v) is 7.51. The molecular formula is C12H11BrF3IN2O2. The molecule has 0 radical (unpaired) electrons. The Morgan fingerprint density at radius 3 is 2.57 bits per heavy atom. The molecule has 0 bridgehead atoms. The first kappa shape index (κ1) is 18.2. The number of hydrogen-bond donors (Lipinski definition) is 1. The Morgan fingerprint density at radius 2 is 2.00 bits per heavy atom. The Balaban J connectivity index is 2.66. The van der Waals surface area contributed by atoms with E-state index in [1.54, 1.807) is 23.5 Å². The summed E-state index contributed by atoms with van der Waals surface area (Å²) < 4.78 is 37.3. The van der Waals surface area contributed by atoms with Crippen molar-refractivity contribution in [2.24, 2.45) is 0 Å². The zero-order valence-corrected chi connectivity index (χ0v) is 14.5. The van der Waals surface area contributed by atoms with Gasteiger partial charge in [-0.25, -0.2) is 0 Å². The average Bonchev–Trinajstić information content (AvgIpc) is 2.37. The predicted octanol–water partition coefficient (Wildman–Crippen LogP) is 2.80. The van der Waals surface area contributed by atoms with Gasteiger partial charge in [-0.3, -0.25) is 9.59 Å². The Hall–Kier alpha value is -0.840. The summed E-state index contributed by atoms with van der Waals surface area (Å²) in [5, 5.41) is 1.71. The first-order chi connectivity index (χ1) is 9.60. The van der Waals surface area contributed by atoms with E-state index in [4.69, 9.17) is 0 Å². The summed E-state index contributed by atoms with van der Waals surface area (Å²) in [6, 6.07) is 5.10. The molecule has 1 aromatic rings. The fourth-order valence-electron chi connectivity index (χ4n) is 1.41. The molecule has 116 valence electrons. The summed E-state index contributed by atoms with van der Waals surface area (Å²) in [5.74, 6) is -1.33. The molecule has 0 heterocycles. The van der Waals surface area contributed by atoms with E-state index in [2.05, 4.69) is 15.9 Å². The van der Waals surface area contributed by atoms with Gasteiger partial charge in [0.1, 0.15) is 6.54 Å². The Labute approximate surface area is 141 Å². The summed E-state index contributed by atoms with van der Waals surface area (Å²) in [7, 11) is 1.35. The number of alkyl halides is 3. The van der Waals surface area contributed by atoms with Gasteiger partial charge in [0, 0.05) is 15.1 Å². The lowest BCUT2D eigenvalue weighted by Gasteiger charge is -2.18. The number of rotatable bonds is 4. The largest absolute Gasteiger partial charge is 0.405 e. The van der Waals surface area contributed by atoms with Crippen LogP contribution < -0.4 is 5.32 Å². The minimum absolute atomic E-state index is 0.341. The molecular weight excluding hydrogens is 468 g/mol. The van der Waals surface area contributed by atoms with Gasteiger partial charge in [-0.2, -0.15) is 13.2 Å². The van der Waals surface area contributed by atoms with Crippen molar-refractivity contribution in [3.05, 3.63) is 31.8 Å². The van der Waals surface area contributed by atoms with E-state index in [1.165, 1.54) is 7.05 Å². The predicted molar refractivity (Wildman–Crippen MR) is 82.9 cm³/mol. The third-order valence-electron chi connectivity index (χ3n) is 2.37. The van der Waals surface area contributed by atoms with E-state index in [0.717, 1.165) is 8.47 Å². The molecule has 0 aliphatic carbocycles. The van der Waals surface area contributed by atoms with Gasteiger partial charge in [0.2, 0.25) is 5.91 Å².